The van der Waals surface area contributed by atoms with Crippen LogP contribution in [0, 0.1) is 0 Å². The molecule has 2 heterocycles. The van der Waals surface area contributed by atoms with E-state index in [4.69, 9.17) is 5.73 Å². The van der Waals surface area contributed by atoms with Crippen molar-refractivity contribution in [3.63, 3.8) is 0 Å². The van der Waals surface area contributed by atoms with Crippen LogP contribution >= 0.6 is 11.8 Å². The highest BCUT2D eigenvalue weighted by atomic mass is 32.2. The maximum absolute atomic E-state index is 12.0. The number of thioether (sulfide) groups is 1. The van der Waals surface area contributed by atoms with E-state index in [1.165, 1.54) is 0 Å². The molecule has 0 radical (unpaired) electrons. The molecular weight excluding hydrogens is 270 g/mol. The highest BCUT2D eigenvalue weighted by Crippen LogP contribution is 2.47. The van der Waals surface area contributed by atoms with Gasteiger partial charge < -0.3 is 21.1 Å². The Balaban J connectivity index is 1.97. The van der Waals surface area contributed by atoms with Gasteiger partial charge in [0.05, 0.1) is 11.4 Å². The van der Waals surface area contributed by atoms with E-state index < -0.39 is 18.1 Å². The lowest BCUT2D eigenvalue weighted by molar-refractivity contribution is -0.138. The number of carbonyl (C=O) groups excluding carboxylic acids is 3. The van der Waals surface area contributed by atoms with Crippen LogP contribution in [0.1, 0.15) is 19.8 Å². The Morgan fingerprint density at radius 2 is 2.37 bits per heavy atom. The Morgan fingerprint density at radius 3 is 3.00 bits per heavy atom. The Kier molecular flexibility index (Phi) is 3.73. The number of hydrogen-bond acceptors (Lipinski definition) is 5. The molecule has 3 amide bonds. The molecule has 2 saturated heterocycles. The highest BCUT2D eigenvalue weighted by molar-refractivity contribution is 8.01. The molecule has 2 fully saturated rings. The molecular formula is C11H17N3O4S. The second-order valence-electron chi connectivity index (χ2n) is 4.93. The van der Waals surface area contributed by atoms with Crippen LogP contribution in [0.2, 0.25) is 0 Å². The van der Waals surface area contributed by atoms with Gasteiger partial charge in [0.15, 0.2) is 0 Å². The molecule has 3 unspecified atom stereocenters. The minimum absolute atomic E-state index is 0.0249. The van der Waals surface area contributed by atoms with Crippen molar-refractivity contribution in [2.75, 3.05) is 12.3 Å². The van der Waals surface area contributed by atoms with Crippen molar-refractivity contribution in [1.82, 2.24) is 10.2 Å². The molecule has 0 aromatic carbocycles. The van der Waals surface area contributed by atoms with E-state index in [1.54, 1.807) is 16.7 Å². The second-order valence-corrected chi connectivity index (χ2v) is 6.43. The molecule has 0 aromatic rings. The van der Waals surface area contributed by atoms with Gasteiger partial charge in [-0.1, -0.05) is 0 Å². The zero-order valence-corrected chi connectivity index (χ0v) is 11.4. The van der Waals surface area contributed by atoms with Crippen molar-refractivity contribution in [2.24, 2.45) is 5.73 Å². The summed E-state index contributed by atoms with van der Waals surface area (Å²) in [5, 5.41) is 11.7. The zero-order chi connectivity index (χ0) is 14.2. The number of carbonyl (C=O) groups is 3. The number of aliphatic hydroxyl groups excluding tert-OH is 1. The van der Waals surface area contributed by atoms with E-state index in [-0.39, 0.29) is 23.2 Å². The van der Waals surface area contributed by atoms with Crippen LogP contribution in [0.15, 0.2) is 0 Å². The molecule has 0 bridgehead atoms. The van der Waals surface area contributed by atoms with Crippen LogP contribution < -0.4 is 11.1 Å². The van der Waals surface area contributed by atoms with Crippen molar-refractivity contribution in [3.05, 3.63) is 0 Å². The van der Waals surface area contributed by atoms with E-state index in [9.17, 15) is 19.5 Å². The Morgan fingerprint density at radius 1 is 1.68 bits per heavy atom. The fourth-order valence-electron chi connectivity index (χ4n) is 2.43. The monoisotopic (exact) mass is 287 g/mol. The quantitative estimate of drug-likeness (QED) is 0.576. The number of fused-ring (bicyclic) bond motifs is 1. The van der Waals surface area contributed by atoms with Gasteiger partial charge in [0.2, 0.25) is 17.7 Å². The number of aliphatic hydroxyl groups is 1. The first-order valence-electron chi connectivity index (χ1n) is 6.06. The van der Waals surface area contributed by atoms with Gasteiger partial charge in [-0.05, 0) is 13.3 Å². The molecule has 3 atom stereocenters. The normalized spacial score (nSPS) is 31.2. The first-order valence-corrected chi connectivity index (χ1v) is 7.05. The second kappa shape index (κ2) is 5.01. The molecule has 0 aromatic heterocycles. The molecule has 7 nitrogen and oxygen atoms in total. The zero-order valence-electron chi connectivity index (χ0n) is 10.6. The number of hydrogen-bond donors (Lipinski definition) is 3. The third-order valence-corrected chi connectivity index (χ3v) is 5.05. The molecule has 8 heteroatoms. The van der Waals surface area contributed by atoms with E-state index in [1.807, 2.05) is 6.92 Å². The number of nitrogens with two attached hydrogens (primary N) is 1. The molecule has 2 aliphatic rings. The first kappa shape index (κ1) is 14.1. The maximum atomic E-state index is 12.0. The topological polar surface area (TPSA) is 113 Å². The Labute approximate surface area is 114 Å². The summed E-state index contributed by atoms with van der Waals surface area (Å²) in [5.74, 6) is -0.737. The number of rotatable bonds is 4. The van der Waals surface area contributed by atoms with E-state index in [0.29, 0.717) is 12.2 Å². The summed E-state index contributed by atoms with van der Waals surface area (Å²) in [6, 6.07) is -0.537. The number of amides is 3. The summed E-state index contributed by atoms with van der Waals surface area (Å²) >= 11 is 1.59. The number of nitrogens with zero attached hydrogens (tertiary/aromatic N) is 1. The minimum atomic E-state index is -1.40. The lowest BCUT2D eigenvalue weighted by Gasteiger charge is -2.29. The maximum Gasteiger partial charge on any atom is 0.248 e. The van der Waals surface area contributed by atoms with E-state index >= 15 is 0 Å². The smallest absolute Gasteiger partial charge is 0.248 e. The first-order chi connectivity index (χ1) is 8.85. The van der Waals surface area contributed by atoms with Crippen LogP contribution in [0.4, 0.5) is 0 Å². The average molecular weight is 287 g/mol. The molecule has 4 N–H and O–H groups in total. The molecule has 2 aliphatic heterocycles. The lowest BCUT2D eigenvalue weighted by atomic mass is 10.2. The van der Waals surface area contributed by atoms with Gasteiger partial charge in [-0.3, -0.25) is 14.4 Å². The van der Waals surface area contributed by atoms with E-state index in [0.717, 1.165) is 6.42 Å². The van der Waals surface area contributed by atoms with Gasteiger partial charge in [-0.25, -0.2) is 0 Å². The fourth-order valence-corrected chi connectivity index (χ4v) is 3.86. The SMILES string of the molecule is CC12CCC(=O)N1C(C(=O)NCC(O)C(N)=O)CS2. The van der Waals surface area contributed by atoms with Crippen LogP contribution in [0.3, 0.4) is 0 Å². The van der Waals surface area contributed by atoms with Crippen LogP contribution in [-0.4, -0.2) is 57.0 Å². The van der Waals surface area contributed by atoms with Gasteiger partial charge in [-0.15, -0.1) is 11.8 Å². The standard InChI is InChI=1S/C11H17N3O4S/c1-11-3-2-8(16)14(11)6(5-19-11)10(18)13-4-7(15)9(12)17/h6-7,15H,2-5H2,1H3,(H2,12,17)(H,13,18). The molecule has 19 heavy (non-hydrogen) atoms. The largest absolute Gasteiger partial charge is 0.381 e. The summed E-state index contributed by atoms with van der Waals surface area (Å²) in [4.78, 5) is 35.8. The van der Waals surface area contributed by atoms with Gasteiger partial charge in [-0.2, -0.15) is 0 Å². The van der Waals surface area contributed by atoms with Crippen molar-refractivity contribution in [1.29, 1.82) is 0 Å². The van der Waals surface area contributed by atoms with Gasteiger partial charge in [0, 0.05) is 12.2 Å². The summed E-state index contributed by atoms with van der Waals surface area (Å²) in [5.41, 5.74) is 4.90. The summed E-state index contributed by atoms with van der Waals surface area (Å²) < 4.78 is 0. The van der Waals surface area contributed by atoms with Crippen molar-refractivity contribution in [2.45, 2.75) is 36.8 Å². The van der Waals surface area contributed by atoms with Gasteiger partial charge in [0.1, 0.15) is 12.1 Å². The number of nitrogens with one attached hydrogen (secondary N) is 1. The average Bonchev–Trinajstić information content (AvgIpc) is 2.83. The third kappa shape index (κ3) is 2.55. The summed E-state index contributed by atoms with van der Waals surface area (Å²) in [7, 11) is 0. The Bertz CT molecular complexity index is 430. The predicted molar refractivity (Wildman–Crippen MR) is 68.9 cm³/mol. The van der Waals surface area contributed by atoms with Crippen LogP contribution in [0.5, 0.6) is 0 Å². The van der Waals surface area contributed by atoms with Crippen LogP contribution in [-0.2, 0) is 14.4 Å². The van der Waals surface area contributed by atoms with E-state index in [2.05, 4.69) is 5.32 Å². The number of primary amides is 1. The summed E-state index contributed by atoms with van der Waals surface area (Å²) in [6.07, 6.45) is -0.208. The summed E-state index contributed by atoms with van der Waals surface area (Å²) in [6.45, 7) is 1.72. The van der Waals surface area contributed by atoms with Crippen molar-refractivity contribution >= 4 is 29.5 Å². The molecule has 0 saturated carbocycles. The van der Waals surface area contributed by atoms with Crippen LogP contribution in [0.25, 0.3) is 0 Å². The highest BCUT2D eigenvalue weighted by Gasteiger charge is 2.52. The minimum Gasteiger partial charge on any atom is -0.381 e. The van der Waals surface area contributed by atoms with Crippen molar-refractivity contribution in [3.8, 4) is 0 Å². The molecule has 106 valence electrons. The third-order valence-electron chi connectivity index (χ3n) is 3.55. The molecule has 0 aliphatic carbocycles. The van der Waals surface area contributed by atoms with Gasteiger partial charge in [0.25, 0.3) is 0 Å². The van der Waals surface area contributed by atoms with Crippen molar-refractivity contribution < 1.29 is 19.5 Å². The lowest BCUT2D eigenvalue weighted by Crippen LogP contribution is -2.52. The van der Waals surface area contributed by atoms with Gasteiger partial charge >= 0.3 is 0 Å². The molecule has 0 spiro atoms. The fraction of sp³-hybridized carbons (Fsp3) is 0.727. The predicted octanol–water partition coefficient (Wildman–Crippen LogP) is -1.60. The molecule has 2 rings (SSSR count). The Hall–Kier alpha value is -1.28.